The van der Waals surface area contributed by atoms with Gasteiger partial charge < -0.3 is 10.5 Å². The lowest BCUT2D eigenvalue weighted by Crippen LogP contribution is -2.21. The summed E-state index contributed by atoms with van der Waals surface area (Å²) in [7, 11) is 1.55. The Morgan fingerprint density at radius 3 is 2.58 bits per heavy atom. The van der Waals surface area contributed by atoms with Gasteiger partial charge in [-0.25, -0.2) is 4.98 Å². The van der Waals surface area contributed by atoms with Gasteiger partial charge in [-0.1, -0.05) is 25.3 Å². The summed E-state index contributed by atoms with van der Waals surface area (Å²) in [5.41, 5.74) is 7.65. The molecule has 2 heterocycles. The van der Waals surface area contributed by atoms with Crippen molar-refractivity contribution < 1.29 is 4.74 Å². The fourth-order valence-electron chi connectivity index (χ4n) is 1.75. The van der Waals surface area contributed by atoms with Crippen molar-refractivity contribution in [1.29, 1.82) is 0 Å². The second-order valence-electron chi connectivity index (χ2n) is 5.16. The van der Waals surface area contributed by atoms with Crippen LogP contribution < -0.4 is 10.5 Å². The van der Waals surface area contributed by atoms with E-state index in [1.54, 1.807) is 19.5 Å². The fourth-order valence-corrected chi connectivity index (χ4v) is 2.62. The summed E-state index contributed by atoms with van der Waals surface area (Å²) in [5.74, 6) is 0.434. The third-order valence-electron chi connectivity index (χ3n) is 2.69. The zero-order chi connectivity index (χ0) is 14.0. The van der Waals surface area contributed by atoms with Gasteiger partial charge in [-0.2, -0.15) is 0 Å². The van der Waals surface area contributed by atoms with Crippen molar-refractivity contribution in [2.24, 2.45) is 5.73 Å². The molecule has 2 aromatic rings. The normalized spacial score (nSPS) is 13.3. The van der Waals surface area contributed by atoms with Crippen molar-refractivity contribution in [2.45, 2.75) is 32.2 Å². The Hall–Kier alpha value is -1.60. The number of methoxy groups -OCH3 is 1. The maximum atomic E-state index is 6.28. The highest BCUT2D eigenvalue weighted by molar-refractivity contribution is 7.05. The first-order valence-corrected chi connectivity index (χ1v) is 6.65. The molecule has 0 spiro atoms. The smallest absolute Gasteiger partial charge is 0.237 e. The number of hydrogen-bond acceptors (Lipinski definition) is 7. The van der Waals surface area contributed by atoms with Gasteiger partial charge in [-0.3, -0.25) is 4.98 Å². The summed E-state index contributed by atoms with van der Waals surface area (Å²) in [4.78, 5) is 9.28. The van der Waals surface area contributed by atoms with E-state index in [0.717, 1.165) is 10.6 Å². The average Bonchev–Trinajstić information content (AvgIpc) is 2.87. The van der Waals surface area contributed by atoms with Crippen LogP contribution in [0.15, 0.2) is 12.4 Å². The number of nitrogens with two attached hydrogens (primary N) is 1. The van der Waals surface area contributed by atoms with Gasteiger partial charge in [0.2, 0.25) is 5.88 Å². The number of nitrogens with zero attached hydrogens (tertiary/aromatic N) is 4. The molecule has 19 heavy (non-hydrogen) atoms. The molecule has 0 radical (unpaired) electrons. The van der Waals surface area contributed by atoms with Crippen molar-refractivity contribution in [3.8, 4) is 5.88 Å². The van der Waals surface area contributed by atoms with Gasteiger partial charge in [-0.15, -0.1) is 5.10 Å². The lowest BCUT2D eigenvalue weighted by atomic mass is 9.89. The lowest BCUT2D eigenvalue weighted by molar-refractivity contribution is 0.387. The second-order valence-corrected chi connectivity index (χ2v) is 5.95. The molecule has 0 amide bonds. The highest BCUT2D eigenvalue weighted by atomic mass is 32.1. The number of rotatable bonds is 3. The van der Waals surface area contributed by atoms with E-state index >= 15 is 0 Å². The standard InChI is InChI=1S/C12H17N5OS/c1-12(2,3)10-9(19-17-16-10)7(13)8-11(18-4)15-6-5-14-8/h5-7H,13H2,1-4H3. The van der Waals surface area contributed by atoms with Gasteiger partial charge in [0.15, 0.2) is 0 Å². The van der Waals surface area contributed by atoms with Gasteiger partial charge >= 0.3 is 0 Å². The first-order valence-electron chi connectivity index (χ1n) is 5.88. The van der Waals surface area contributed by atoms with Crippen LogP contribution in [0.5, 0.6) is 5.88 Å². The molecule has 0 bridgehead atoms. The van der Waals surface area contributed by atoms with E-state index < -0.39 is 6.04 Å². The van der Waals surface area contributed by atoms with E-state index in [9.17, 15) is 0 Å². The maximum absolute atomic E-state index is 6.28. The Kier molecular flexibility index (Phi) is 3.77. The van der Waals surface area contributed by atoms with Crippen LogP contribution in [0.4, 0.5) is 0 Å². The number of ether oxygens (including phenoxy) is 1. The molecule has 2 rings (SSSR count). The molecule has 0 aliphatic heterocycles. The van der Waals surface area contributed by atoms with E-state index in [4.69, 9.17) is 10.5 Å². The molecule has 6 nitrogen and oxygen atoms in total. The predicted octanol–water partition coefficient (Wildman–Crippen LogP) is 1.68. The van der Waals surface area contributed by atoms with Gasteiger partial charge in [0, 0.05) is 17.8 Å². The Morgan fingerprint density at radius 1 is 1.26 bits per heavy atom. The molecule has 7 heteroatoms. The Labute approximate surface area is 116 Å². The average molecular weight is 279 g/mol. The summed E-state index contributed by atoms with van der Waals surface area (Å²) in [6.45, 7) is 6.23. The minimum absolute atomic E-state index is 0.116. The minimum Gasteiger partial charge on any atom is -0.480 e. The minimum atomic E-state index is -0.433. The van der Waals surface area contributed by atoms with E-state index in [1.165, 1.54) is 11.5 Å². The van der Waals surface area contributed by atoms with Gasteiger partial charge in [0.05, 0.1) is 23.7 Å². The highest BCUT2D eigenvalue weighted by Gasteiger charge is 2.28. The summed E-state index contributed by atoms with van der Waals surface area (Å²) in [5, 5.41) is 4.19. The summed E-state index contributed by atoms with van der Waals surface area (Å²) < 4.78 is 9.21. The van der Waals surface area contributed by atoms with E-state index in [2.05, 4.69) is 40.3 Å². The van der Waals surface area contributed by atoms with Gasteiger partial charge in [0.25, 0.3) is 0 Å². The van der Waals surface area contributed by atoms with E-state index in [-0.39, 0.29) is 5.41 Å². The van der Waals surface area contributed by atoms with Gasteiger partial charge in [0.1, 0.15) is 5.69 Å². The molecule has 2 N–H and O–H groups in total. The van der Waals surface area contributed by atoms with Crippen molar-refractivity contribution in [1.82, 2.24) is 19.6 Å². The monoisotopic (exact) mass is 279 g/mol. The summed E-state index contributed by atoms with van der Waals surface area (Å²) in [6, 6.07) is -0.433. The van der Waals surface area contributed by atoms with Crippen LogP contribution in [0.1, 0.15) is 43.1 Å². The fraction of sp³-hybridized carbons (Fsp3) is 0.500. The third-order valence-corrected chi connectivity index (χ3v) is 3.49. The van der Waals surface area contributed by atoms with Crippen molar-refractivity contribution in [3.63, 3.8) is 0 Å². The van der Waals surface area contributed by atoms with Crippen molar-refractivity contribution in [2.75, 3.05) is 7.11 Å². The molecule has 0 fully saturated rings. The predicted molar refractivity (Wildman–Crippen MR) is 73.2 cm³/mol. The summed E-state index contributed by atoms with van der Waals surface area (Å²) >= 11 is 1.29. The molecule has 0 aromatic carbocycles. The highest BCUT2D eigenvalue weighted by Crippen LogP contribution is 2.33. The second kappa shape index (κ2) is 5.18. The Balaban J connectivity index is 2.45. The van der Waals surface area contributed by atoms with E-state index in [1.807, 2.05) is 0 Å². The molecule has 0 saturated carbocycles. The van der Waals surface area contributed by atoms with Crippen LogP contribution >= 0.6 is 11.5 Å². The molecule has 102 valence electrons. The SMILES string of the molecule is COc1nccnc1C(N)c1snnc1C(C)(C)C. The molecule has 0 saturated heterocycles. The molecule has 2 aromatic heterocycles. The molecule has 1 atom stereocenters. The first kappa shape index (κ1) is 13.8. The molecular weight excluding hydrogens is 262 g/mol. The van der Waals surface area contributed by atoms with Crippen LogP contribution in [-0.4, -0.2) is 26.7 Å². The summed E-state index contributed by atoms with van der Waals surface area (Å²) in [6.07, 6.45) is 3.17. The Bertz CT molecular complexity index is 563. The quantitative estimate of drug-likeness (QED) is 0.920. The van der Waals surface area contributed by atoms with Crippen molar-refractivity contribution in [3.05, 3.63) is 28.7 Å². The Morgan fingerprint density at radius 2 is 1.95 bits per heavy atom. The van der Waals surface area contributed by atoms with E-state index in [0.29, 0.717) is 11.6 Å². The molecule has 1 unspecified atom stereocenters. The van der Waals surface area contributed by atoms with Crippen LogP contribution in [-0.2, 0) is 5.41 Å². The topological polar surface area (TPSA) is 86.8 Å². The molecular formula is C12H17N5OS. The number of hydrogen-bond donors (Lipinski definition) is 1. The molecule has 0 aliphatic rings. The first-order chi connectivity index (χ1) is 8.95. The van der Waals surface area contributed by atoms with Crippen LogP contribution in [0.3, 0.4) is 0 Å². The third kappa shape index (κ3) is 2.71. The lowest BCUT2D eigenvalue weighted by Gasteiger charge is -2.19. The zero-order valence-corrected chi connectivity index (χ0v) is 12.2. The maximum Gasteiger partial charge on any atom is 0.237 e. The molecule has 0 aliphatic carbocycles. The van der Waals surface area contributed by atoms with Crippen LogP contribution in [0, 0.1) is 0 Å². The largest absolute Gasteiger partial charge is 0.480 e. The number of aromatic nitrogens is 4. The van der Waals surface area contributed by atoms with Crippen LogP contribution in [0.25, 0.3) is 0 Å². The van der Waals surface area contributed by atoms with Crippen molar-refractivity contribution >= 4 is 11.5 Å². The van der Waals surface area contributed by atoms with Gasteiger partial charge in [-0.05, 0) is 11.5 Å². The van der Waals surface area contributed by atoms with Crippen LogP contribution in [0.2, 0.25) is 0 Å². The zero-order valence-electron chi connectivity index (χ0n) is 11.4.